The predicted molar refractivity (Wildman–Crippen MR) is 108 cm³/mol. The lowest BCUT2D eigenvalue weighted by Gasteiger charge is -1.80. The fourth-order valence-corrected chi connectivity index (χ4v) is 0. The van der Waals surface area contributed by atoms with Crippen molar-refractivity contribution >= 4 is 11.8 Å². The first-order valence-electron chi connectivity index (χ1n) is 8.91. The van der Waals surface area contributed by atoms with Crippen LogP contribution in [-0.4, -0.2) is 25.9 Å². The summed E-state index contributed by atoms with van der Waals surface area (Å²) in [7, 11) is 3.20. The highest BCUT2D eigenvalue weighted by atomic mass is 16.1. The minimum absolute atomic E-state index is 0.00463. The number of hydrogen-bond donors (Lipinski definition) is 2. The molecule has 144 valence electrons. The van der Waals surface area contributed by atoms with Crippen molar-refractivity contribution in [2.45, 2.75) is 96.9 Å². The van der Waals surface area contributed by atoms with Crippen LogP contribution in [0.1, 0.15) is 96.9 Å². The highest BCUT2D eigenvalue weighted by Gasteiger charge is 1.73. The van der Waals surface area contributed by atoms with Crippen molar-refractivity contribution in [3.63, 3.8) is 0 Å². The SMILES string of the molecule is CC.CC.CC.CC.CC.CC.CNC(C)=O.CNC(C)=O. The quantitative estimate of drug-likeness (QED) is 0.603. The Morgan fingerprint density at radius 1 is 0.455 bits per heavy atom. The van der Waals surface area contributed by atoms with Crippen LogP contribution in [-0.2, 0) is 9.59 Å². The number of carbonyl (C=O) groups excluding carboxylic acids is 2. The molecule has 0 aromatic heterocycles. The monoisotopic (exact) mass is 326 g/mol. The van der Waals surface area contributed by atoms with Crippen LogP contribution in [0.4, 0.5) is 0 Å². The van der Waals surface area contributed by atoms with Gasteiger partial charge in [-0.2, -0.15) is 0 Å². The molecule has 0 spiro atoms. The van der Waals surface area contributed by atoms with Crippen molar-refractivity contribution in [1.29, 1.82) is 0 Å². The van der Waals surface area contributed by atoms with E-state index >= 15 is 0 Å². The number of hydrogen-bond acceptors (Lipinski definition) is 2. The van der Waals surface area contributed by atoms with E-state index in [0.29, 0.717) is 0 Å². The molecular weight excluding hydrogens is 276 g/mol. The van der Waals surface area contributed by atoms with Crippen molar-refractivity contribution in [2.24, 2.45) is 0 Å². The maximum absolute atomic E-state index is 9.70. The van der Waals surface area contributed by atoms with Gasteiger partial charge in [0.1, 0.15) is 0 Å². The molecule has 0 radical (unpaired) electrons. The third kappa shape index (κ3) is 705. The number of nitrogens with one attached hydrogen (secondary N) is 2. The molecule has 0 fully saturated rings. The molecule has 4 heteroatoms. The molecule has 0 heterocycles. The van der Waals surface area contributed by atoms with Gasteiger partial charge in [-0.3, -0.25) is 9.59 Å². The Morgan fingerprint density at radius 2 is 0.500 bits per heavy atom. The molecule has 0 atom stereocenters. The number of amides is 2. The summed E-state index contributed by atoms with van der Waals surface area (Å²) in [5.74, 6) is 0.00926. The van der Waals surface area contributed by atoms with E-state index in [-0.39, 0.29) is 11.8 Å². The molecule has 0 aliphatic rings. The summed E-state index contributed by atoms with van der Waals surface area (Å²) in [6, 6.07) is 0. The Bertz CT molecular complexity index is 104. The molecule has 0 aromatic rings. The smallest absolute Gasteiger partial charge is 0.216 e. The zero-order valence-corrected chi connectivity index (χ0v) is 18.8. The van der Waals surface area contributed by atoms with E-state index in [0.717, 1.165) is 0 Å². The van der Waals surface area contributed by atoms with Crippen LogP contribution < -0.4 is 10.6 Å². The van der Waals surface area contributed by atoms with Crippen LogP contribution in [0.25, 0.3) is 0 Å². The van der Waals surface area contributed by atoms with Gasteiger partial charge in [0.25, 0.3) is 0 Å². The van der Waals surface area contributed by atoms with E-state index < -0.39 is 0 Å². The molecule has 0 aliphatic carbocycles. The van der Waals surface area contributed by atoms with Crippen LogP contribution in [0.3, 0.4) is 0 Å². The zero-order valence-electron chi connectivity index (χ0n) is 18.8. The number of rotatable bonds is 0. The lowest BCUT2D eigenvalue weighted by atomic mass is 10.7. The molecule has 0 unspecified atom stereocenters. The molecule has 0 aromatic carbocycles. The summed E-state index contributed by atoms with van der Waals surface area (Å²) >= 11 is 0. The molecular formula is C18H50N2O2. The van der Waals surface area contributed by atoms with E-state index in [1.54, 1.807) is 14.1 Å². The Kier molecular flexibility index (Phi) is 336. The van der Waals surface area contributed by atoms with Crippen LogP contribution >= 0.6 is 0 Å². The normalized spacial score (nSPS) is 4.73. The van der Waals surface area contributed by atoms with Gasteiger partial charge in [0.15, 0.2) is 0 Å². The van der Waals surface area contributed by atoms with Crippen LogP contribution in [0.15, 0.2) is 0 Å². The average molecular weight is 327 g/mol. The maximum atomic E-state index is 9.70. The fraction of sp³-hybridized carbons (Fsp3) is 0.889. The second-order valence-corrected chi connectivity index (χ2v) is 1.61. The molecule has 2 amide bonds. The standard InChI is InChI=1S/2C3H7NO.6C2H6/c2*1-3(5)4-2;6*1-2/h2*1-2H3,(H,4,5);6*1-2H3. The van der Waals surface area contributed by atoms with E-state index in [2.05, 4.69) is 10.6 Å². The molecule has 4 nitrogen and oxygen atoms in total. The Labute approximate surface area is 143 Å². The summed E-state index contributed by atoms with van der Waals surface area (Å²) in [4.78, 5) is 19.4. The van der Waals surface area contributed by atoms with Crippen LogP contribution in [0, 0.1) is 0 Å². The average Bonchev–Trinajstić information content (AvgIpc) is 2.65. The Morgan fingerprint density at radius 3 is 0.500 bits per heavy atom. The molecule has 0 rings (SSSR count). The van der Waals surface area contributed by atoms with Gasteiger partial charge < -0.3 is 10.6 Å². The minimum atomic E-state index is 0.00463. The van der Waals surface area contributed by atoms with Gasteiger partial charge in [0.2, 0.25) is 11.8 Å². The third-order valence-corrected chi connectivity index (χ3v) is 0.704. The van der Waals surface area contributed by atoms with Crippen molar-refractivity contribution in [3.05, 3.63) is 0 Å². The summed E-state index contributed by atoms with van der Waals surface area (Å²) in [5, 5.41) is 4.78. The summed E-state index contributed by atoms with van der Waals surface area (Å²) in [5.41, 5.74) is 0. The van der Waals surface area contributed by atoms with Crippen molar-refractivity contribution < 1.29 is 9.59 Å². The first-order chi connectivity index (χ1) is 10.5. The zero-order chi connectivity index (χ0) is 20.6. The fourth-order valence-electron chi connectivity index (χ4n) is 0. The first-order valence-corrected chi connectivity index (χ1v) is 8.91. The molecule has 0 aliphatic heterocycles. The van der Waals surface area contributed by atoms with Crippen LogP contribution in [0.5, 0.6) is 0 Å². The molecule has 0 saturated carbocycles. The van der Waals surface area contributed by atoms with Crippen molar-refractivity contribution in [3.8, 4) is 0 Å². The minimum Gasteiger partial charge on any atom is -0.359 e. The largest absolute Gasteiger partial charge is 0.359 e. The van der Waals surface area contributed by atoms with Gasteiger partial charge in [0.05, 0.1) is 0 Å². The van der Waals surface area contributed by atoms with E-state index in [4.69, 9.17) is 0 Å². The molecule has 0 bridgehead atoms. The summed E-state index contributed by atoms with van der Waals surface area (Å²) in [6.45, 7) is 26.9. The van der Waals surface area contributed by atoms with Gasteiger partial charge in [-0.1, -0.05) is 83.1 Å². The van der Waals surface area contributed by atoms with Gasteiger partial charge in [0, 0.05) is 27.9 Å². The third-order valence-electron chi connectivity index (χ3n) is 0.704. The second-order valence-electron chi connectivity index (χ2n) is 1.61. The van der Waals surface area contributed by atoms with E-state index in [1.807, 2.05) is 83.1 Å². The maximum Gasteiger partial charge on any atom is 0.216 e. The lowest BCUT2D eigenvalue weighted by Crippen LogP contribution is -2.11. The van der Waals surface area contributed by atoms with E-state index in [9.17, 15) is 9.59 Å². The van der Waals surface area contributed by atoms with Gasteiger partial charge in [-0.15, -0.1) is 0 Å². The lowest BCUT2D eigenvalue weighted by molar-refractivity contribution is -0.119. The number of carbonyl (C=O) groups is 2. The van der Waals surface area contributed by atoms with E-state index in [1.165, 1.54) is 13.8 Å². The highest BCUT2D eigenvalue weighted by Crippen LogP contribution is 1.45. The van der Waals surface area contributed by atoms with Crippen molar-refractivity contribution in [2.75, 3.05) is 14.1 Å². The highest BCUT2D eigenvalue weighted by molar-refractivity contribution is 5.72. The first kappa shape index (κ1) is 49.7. The Balaban J connectivity index is -0.0000000180. The van der Waals surface area contributed by atoms with Gasteiger partial charge >= 0.3 is 0 Å². The molecule has 22 heavy (non-hydrogen) atoms. The summed E-state index contributed by atoms with van der Waals surface area (Å²) < 4.78 is 0. The van der Waals surface area contributed by atoms with Crippen molar-refractivity contribution in [1.82, 2.24) is 10.6 Å². The van der Waals surface area contributed by atoms with Gasteiger partial charge in [-0.25, -0.2) is 0 Å². The van der Waals surface area contributed by atoms with Crippen LogP contribution in [0.2, 0.25) is 0 Å². The molecule has 2 N–H and O–H groups in total. The predicted octanol–water partition coefficient (Wildman–Crippen LogP) is 5.66. The second kappa shape index (κ2) is 149. The molecule has 0 saturated heterocycles. The Hall–Kier alpha value is -1.06. The topological polar surface area (TPSA) is 58.2 Å². The van der Waals surface area contributed by atoms with Gasteiger partial charge in [-0.05, 0) is 0 Å². The summed E-state index contributed by atoms with van der Waals surface area (Å²) in [6.07, 6.45) is 0.